The molecule has 0 fully saturated rings. The second kappa shape index (κ2) is 3.79. The van der Waals surface area contributed by atoms with E-state index in [1.807, 2.05) is 0 Å². The number of nitrogens with zero attached hydrogens (tertiary/aromatic N) is 1. The molecule has 0 aliphatic heterocycles. The first-order chi connectivity index (χ1) is 5.66. The molecule has 62 valence electrons. The van der Waals surface area contributed by atoms with Crippen molar-refractivity contribution in [2.24, 2.45) is 0 Å². The van der Waals surface area contributed by atoms with Gasteiger partial charge in [0.05, 0.1) is 15.1 Å². The van der Waals surface area contributed by atoms with Gasteiger partial charge in [-0.1, -0.05) is 17.5 Å². The molecule has 0 aliphatic rings. The van der Waals surface area contributed by atoms with Crippen molar-refractivity contribution < 1.29 is 0 Å². The summed E-state index contributed by atoms with van der Waals surface area (Å²) in [6.07, 6.45) is 1.49. The van der Waals surface area contributed by atoms with Gasteiger partial charge in [-0.2, -0.15) is 0 Å². The third kappa shape index (κ3) is 1.71. The maximum atomic E-state index is 5.79. The van der Waals surface area contributed by atoms with Crippen LogP contribution in [0.5, 0.6) is 0 Å². The summed E-state index contributed by atoms with van der Waals surface area (Å²) in [6.45, 7) is 1.73. The van der Waals surface area contributed by atoms with Crippen molar-refractivity contribution in [3.63, 3.8) is 0 Å². The zero-order chi connectivity index (χ0) is 9.14. The third-order valence-electron chi connectivity index (χ3n) is 1.25. The molecule has 0 aromatic carbocycles. The minimum Gasteiger partial charge on any atom is -0.383 e. The first-order valence-electron chi connectivity index (χ1n) is 3.19. The lowest BCUT2D eigenvalue weighted by atomic mass is 10.2. The average Bonchev–Trinajstić information content (AvgIpc) is 2.06. The predicted octanol–water partition coefficient (Wildman–Crippen LogP) is 2.45. The molecule has 2 nitrogen and oxygen atoms in total. The molecular weight excluding hydrogens is 239 g/mol. The van der Waals surface area contributed by atoms with Crippen LogP contribution < -0.4 is 5.73 Å². The minimum atomic E-state index is 0.389. The van der Waals surface area contributed by atoms with Crippen LogP contribution in [0.25, 0.3) is 0 Å². The summed E-state index contributed by atoms with van der Waals surface area (Å²) in [4.78, 5) is 3.87. The monoisotopic (exact) mass is 244 g/mol. The van der Waals surface area contributed by atoms with Crippen molar-refractivity contribution in [1.29, 1.82) is 0 Å². The van der Waals surface area contributed by atoms with E-state index in [2.05, 4.69) is 32.8 Å². The summed E-state index contributed by atoms with van der Waals surface area (Å²) in [7, 11) is 0. The zero-order valence-electron chi connectivity index (χ0n) is 6.36. The van der Waals surface area contributed by atoms with E-state index >= 15 is 0 Å². The quantitative estimate of drug-likeness (QED) is 0.713. The van der Waals surface area contributed by atoms with Gasteiger partial charge in [-0.05, 0) is 22.9 Å². The van der Waals surface area contributed by atoms with Crippen LogP contribution in [0.2, 0.25) is 5.02 Å². The largest absolute Gasteiger partial charge is 0.383 e. The summed E-state index contributed by atoms with van der Waals surface area (Å²) in [5.74, 6) is 5.94. The van der Waals surface area contributed by atoms with E-state index in [1.54, 1.807) is 6.92 Å². The summed E-state index contributed by atoms with van der Waals surface area (Å²) >= 11 is 9.07. The van der Waals surface area contributed by atoms with Gasteiger partial charge in [0.25, 0.3) is 0 Å². The van der Waals surface area contributed by atoms with Gasteiger partial charge in [-0.3, -0.25) is 0 Å². The Morgan fingerprint density at radius 3 is 2.92 bits per heavy atom. The van der Waals surface area contributed by atoms with Crippen LogP contribution in [0.4, 0.5) is 5.82 Å². The van der Waals surface area contributed by atoms with E-state index in [0.717, 1.165) is 0 Å². The highest BCUT2D eigenvalue weighted by atomic mass is 79.9. The summed E-state index contributed by atoms with van der Waals surface area (Å²) in [5, 5.41) is 0.516. The predicted molar refractivity (Wildman–Crippen MR) is 53.9 cm³/mol. The van der Waals surface area contributed by atoms with Crippen molar-refractivity contribution in [3.05, 3.63) is 21.3 Å². The maximum absolute atomic E-state index is 5.79. The lowest BCUT2D eigenvalue weighted by Gasteiger charge is -2.01. The number of halogens is 2. The third-order valence-corrected chi connectivity index (χ3v) is 2.59. The molecule has 0 bridgehead atoms. The van der Waals surface area contributed by atoms with E-state index in [9.17, 15) is 0 Å². The number of aromatic nitrogens is 1. The van der Waals surface area contributed by atoms with Crippen molar-refractivity contribution in [1.82, 2.24) is 4.98 Å². The molecule has 1 aromatic rings. The highest BCUT2D eigenvalue weighted by molar-refractivity contribution is 9.10. The Morgan fingerprint density at radius 1 is 1.67 bits per heavy atom. The molecule has 4 heteroatoms. The van der Waals surface area contributed by atoms with Crippen molar-refractivity contribution in [2.45, 2.75) is 6.92 Å². The standard InChI is InChI=1S/C8H6BrClN2/c1-2-3-5-7(9)6(10)4-12-8(5)11/h4H,1H3,(H2,11,12). The van der Waals surface area contributed by atoms with E-state index in [1.165, 1.54) is 6.20 Å². The van der Waals surface area contributed by atoms with Crippen LogP contribution in [0.3, 0.4) is 0 Å². The van der Waals surface area contributed by atoms with E-state index in [-0.39, 0.29) is 0 Å². The van der Waals surface area contributed by atoms with E-state index in [4.69, 9.17) is 17.3 Å². The van der Waals surface area contributed by atoms with Crippen LogP contribution >= 0.6 is 27.5 Å². The number of hydrogen-bond acceptors (Lipinski definition) is 2. The van der Waals surface area contributed by atoms with E-state index < -0.39 is 0 Å². The second-order valence-corrected chi connectivity index (χ2v) is 3.26. The maximum Gasteiger partial charge on any atom is 0.140 e. The first-order valence-corrected chi connectivity index (χ1v) is 4.36. The Bertz CT molecular complexity index is 365. The Labute approximate surface area is 84.3 Å². The number of rotatable bonds is 0. The molecule has 2 N–H and O–H groups in total. The van der Waals surface area contributed by atoms with Gasteiger partial charge in [0, 0.05) is 6.20 Å². The molecule has 0 saturated heterocycles. The molecule has 0 aliphatic carbocycles. The summed E-state index contributed by atoms with van der Waals surface area (Å²) < 4.78 is 0.700. The molecule has 1 rings (SSSR count). The molecule has 0 radical (unpaired) electrons. The van der Waals surface area contributed by atoms with Gasteiger partial charge >= 0.3 is 0 Å². The number of hydrogen-bond donors (Lipinski definition) is 1. The molecule has 0 spiro atoms. The first kappa shape index (κ1) is 9.37. The molecule has 0 saturated carbocycles. The molecule has 1 heterocycles. The Kier molecular flexibility index (Phi) is 2.96. The fourth-order valence-electron chi connectivity index (χ4n) is 0.723. The van der Waals surface area contributed by atoms with Crippen molar-refractivity contribution in [3.8, 4) is 11.8 Å². The van der Waals surface area contributed by atoms with Crippen LogP contribution in [0.15, 0.2) is 10.7 Å². The summed E-state index contributed by atoms with van der Waals surface area (Å²) in [6, 6.07) is 0. The van der Waals surface area contributed by atoms with Crippen LogP contribution in [0.1, 0.15) is 12.5 Å². The molecule has 12 heavy (non-hydrogen) atoms. The number of nitrogens with two attached hydrogens (primary N) is 1. The molecule has 0 unspecified atom stereocenters. The van der Waals surface area contributed by atoms with Crippen molar-refractivity contribution >= 4 is 33.3 Å². The van der Waals surface area contributed by atoms with Gasteiger partial charge in [0.2, 0.25) is 0 Å². The Balaban J connectivity index is 3.39. The Hall–Kier alpha value is -0.720. The average molecular weight is 246 g/mol. The van der Waals surface area contributed by atoms with Crippen LogP contribution in [-0.2, 0) is 0 Å². The fraction of sp³-hybridized carbons (Fsp3) is 0.125. The van der Waals surface area contributed by atoms with Gasteiger partial charge < -0.3 is 5.73 Å². The lowest BCUT2D eigenvalue weighted by molar-refractivity contribution is 1.31. The van der Waals surface area contributed by atoms with Gasteiger partial charge in [-0.25, -0.2) is 4.98 Å². The summed E-state index contributed by atoms with van der Waals surface area (Å²) in [5.41, 5.74) is 6.22. The number of anilines is 1. The van der Waals surface area contributed by atoms with Crippen molar-refractivity contribution in [2.75, 3.05) is 5.73 Å². The molecular formula is C8H6BrClN2. The number of pyridine rings is 1. The fourth-order valence-corrected chi connectivity index (χ4v) is 1.27. The van der Waals surface area contributed by atoms with Gasteiger partial charge in [-0.15, -0.1) is 5.92 Å². The lowest BCUT2D eigenvalue weighted by Crippen LogP contribution is -1.95. The van der Waals surface area contributed by atoms with Gasteiger partial charge in [0.15, 0.2) is 0 Å². The molecule has 0 amide bonds. The van der Waals surface area contributed by atoms with Gasteiger partial charge in [0.1, 0.15) is 5.82 Å². The second-order valence-electron chi connectivity index (χ2n) is 2.06. The normalized spacial score (nSPS) is 8.92. The minimum absolute atomic E-state index is 0.389. The Morgan fingerprint density at radius 2 is 2.33 bits per heavy atom. The van der Waals surface area contributed by atoms with Crippen LogP contribution in [0, 0.1) is 11.8 Å². The molecule has 1 aromatic heterocycles. The highest BCUT2D eigenvalue weighted by Crippen LogP contribution is 2.27. The smallest absolute Gasteiger partial charge is 0.140 e. The number of nitrogen functional groups attached to an aromatic ring is 1. The molecule has 0 atom stereocenters. The zero-order valence-corrected chi connectivity index (χ0v) is 8.70. The van der Waals surface area contributed by atoms with E-state index in [0.29, 0.717) is 20.9 Å². The van der Waals surface area contributed by atoms with Crippen LogP contribution in [-0.4, -0.2) is 4.98 Å². The highest BCUT2D eigenvalue weighted by Gasteiger charge is 2.06. The topological polar surface area (TPSA) is 38.9 Å². The SMILES string of the molecule is CC#Cc1c(N)ncc(Cl)c1Br.